The minimum atomic E-state index is -4.44. The largest absolute Gasteiger partial charge is 0.416 e. The smallest absolute Gasteiger partial charge is 0.379 e. The zero-order valence-electron chi connectivity index (χ0n) is 18.0. The average molecular weight is 458 g/mol. The number of benzene rings is 2. The number of hydrogen-bond donors (Lipinski definition) is 2. The second-order valence-electron chi connectivity index (χ2n) is 7.82. The Labute approximate surface area is 189 Å². The van der Waals surface area contributed by atoms with Crippen molar-refractivity contribution in [3.05, 3.63) is 65.9 Å². The number of nitrogens with zero attached hydrogens (tertiary/aromatic N) is 2. The maximum atomic E-state index is 13.0. The Morgan fingerprint density at radius 2 is 1.85 bits per heavy atom. The fraction of sp³-hybridized carbons (Fsp3) is 0.333. The van der Waals surface area contributed by atoms with Gasteiger partial charge in [0.2, 0.25) is 0 Å². The minimum absolute atomic E-state index is 0.210. The summed E-state index contributed by atoms with van der Waals surface area (Å²) in [6.07, 6.45) is -2.16. The highest BCUT2D eigenvalue weighted by Gasteiger charge is 2.30. The van der Waals surface area contributed by atoms with Crippen LogP contribution in [0.3, 0.4) is 0 Å². The molecule has 174 valence electrons. The SMILES string of the molecule is O=C(NCCCN1CCOCC1)c1ccccc1Nc1ccnc2cc(C(F)(F)F)ccc12. The van der Waals surface area contributed by atoms with Crippen LogP contribution in [0, 0.1) is 0 Å². The Hall–Kier alpha value is -3.17. The van der Waals surface area contributed by atoms with Crippen molar-refractivity contribution in [2.75, 3.05) is 44.7 Å². The zero-order chi connectivity index (χ0) is 23.3. The van der Waals surface area contributed by atoms with E-state index in [0.717, 1.165) is 51.4 Å². The molecular weight excluding hydrogens is 433 g/mol. The maximum Gasteiger partial charge on any atom is 0.416 e. The van der Waals surface area contributed by atoms with Crippen molar-refractivity contribution in [1.29, 1.82) is 0 Å². The normalized spacial score (nSPS) is 14.9. The van der Waals surface area contributed by atoms with E-state index in [1.165, 1.54) is 12.3 Å². The van der Waals surface area contributed by atoms with Crippen molar-refractivity contribution in [3.63, 3.8) is 0 Å². The van der Waals surface area contributed by atoms with Gasteiger partial charge >= 0.3 is 6.18 Å². The summed E-state index contributed by atoms with van der Waals surface area (Å²) < 4.78 is 44.5. The van der Waals surface area contributed by atoms with Crippen LogP contribution in [0.1, 0.15) is 22.3 Å². The molecule has 33 heavy (non-hydrogen) atoms. The van der Waals surface area contributed by atoms with Crippen LogP contribution in [-0.2, 0) is 10.9 Å². The van der Waals surface area contributed by atoms with E-state index in [4.69, 9.17) is 4.74 Å². The lowest BCUT2D eigenvalue weighted by Gasteiger charge is -2.26. The maximum absolute atomic E-state index is 13.0. The molecule has 1 amide bonds. The highest BCUT2D eigenvalue weighted by Crippen LogP contribution is 2.33. The molecule has 6 nitrogen and oxygen atoms in total. The molecule has 0 saturated carbocycles. The van der Waals surface area contributed by atoms with Crippen LogP contribution in [0.2, 0.25) is 0 Å². The third kappa shape index (κ3) is 5.80. The molecule has 1 fully saturated rings. The van der Waals surface area contributed by atoms with Crippen LogP contribution >= 0.6 is 0 Å². The van der Waals surface area contributed by atoms with Gasteiger partial charge < -0.3 is 15.4 Å². The number of carbonyl (C=O) groups is 1. The molecule has 0 spiro atoms. The molecule has 1 aliphatic heterocycles. The number of aromatic nitrogens is 1. The second-order valence-corrected chi connectivity index (χ2v) is 7.82. The van der Waals surface area contributed by atoms with Crippen LogP contribution in [0.15, 0.2) is 54.7 Å². The van der Waals surface area contributed by atoms with Gasteiger partial charge in [-0.05, 0) is 43.3 Å². The third-order valence-electron chi connectivity index (χ3n) is 5.55. The van der Waals surface area contributed by atoms with Crippen molar-refractivity contribution in [2.24, 2.45) is 0 Å². The van der Waals surface area contributed by atoms with Gasteiger partial charge in [0.25, 0.3) is 5.91 Å². The number of halogens is 3. The van der Waals surface area contributed by atoms with Crippen LogP contribution in [-0.4, -0.2) is 55.2 Å². The summed E-state index contributed by atoms with van der Waals surface area (Å²) in [5.41, 5.74) is 1.06. The molecular formula is C24H25F3N4O2. The van der Waals surface area contributed by atoms with Gasteiger partial charge in [0, 0.05) is 36.9 Å². The molecule has 0 atom stereocenters. The van der Waals surface area contributed by atoms with Crippen LogP contribution < -0.4 is 10.6 Å². The van der Waals surface area contributed by atoms with Crippen molar-refractivity contribution in [3.8, 4) is 0 Å². The molecule has 0 radical (unpaired) electrons. The van der Waals surface area contributed by atoms with Crippen molar-refractivity contribution in [2.45, 2.75) is 12.6 Å². The monoisotopic (exact) mass is 458 g/mol. The van der Waals surface area contributed by atoms with Crippen LogP contribution in [0.4, 0.5) is 24.5 Å². The lowest BCUT2D eigenvalue weighted by atomic mass is 10.1. The van der Waals surface area contributed by atoms with Gasteiger partial charge in [-0.1, -0.05) is 18.2 Å². The predicted octanol–water partition coefficient (Wildman–Crippen LogP) is 4.45. The number of fused-ring (bicyclic) bond motifs is 1. The molecule has 1 aromatic heterocycles. The number of alkyl halides is 3. The number of amides is 1. The first-order valence-corrected chi connectivity index (χ1v) is 10.8. The van der Waals surface area contributed by atoms with E-state index in [9.17, 15) is 18.0 Å². The molecule has 0 unspecified atom stereocenters. The quantitative estimate of drug-likeness (QED) is 0.512. The highest BCUT2D eigenvalue weighted by molar-refractivity contribution is 6.02. The van der Waals surface area contributed by atoms with Crippen molar-refractivity contribution >= 4 is 28.2 Å². The second kappa shape index (κ2) is 10.2. The van der Waals surface area contributed by atoms with E-state index >= 15 is 0 Å². The summed E-state index contributed by atoms with van der Waals surface area (Å²) in [4.78, 5) is 19.2. The molecule has 0 bridgehead atoms. The van der Waals surface area contributed by atoms with Gasteiger partial charge in [-0.3, -0.25) is 14.7 Å². The Morgan fingerprint density at radius 3 is 2.64 bits per heavy atom. The van der Waals surface area contributed by atoms with Crippen LogP contribution in [0.5, 0.6) is 0 Å². The number of rotatable bonds is 7. The fourth-order valence-electron chi connectivity index (χ4n) is 3.79. The Kier molecular flexibility index (Phi) is 7.10. The first-order valence-electron chi connectivity index (χ1n) is 10.8. The summed E-state index contributed by atoms with van der Waals surface area (Å²) in [6, 6.07) is 12.2. The molecule has 2 N–H and O–H groups in total. The van der Waals surface area contributed by atoms with Crippen molar-refractivity contribution in [1.82, 2.24) is 15.2 Å². The average Bonchev–Trinajstić information content (AvgIpc) is 2.82. The molecule has 2 heterocycles. The third-order valence-corrected chi connectivity index (χ3v) is 5.55. The number of anilines is 2. The number of hydrogen-bond acceptors (Lipinski definition) is 5. The first kappa shape index (κ1) is 23.0. The van der Waals surface area contributed by atoms with E-state index in [1.54, 1.807) is 30.3 Å². The van der Waals surface area contributed by atoms with Gasteiger partial charge in [0.15, 0.2) is 0 Å². The Balaban J connectivity index is 1.45. The Bertz CT molecular complexity index is 1110. The number of carbonyl (C=O) groups excluding carboxylic acids is 1. The molecule has 1 saturated heterocycles. The highest BCUT2D eigenvalue weighted by atomic mass is 19.4. The summed E-state index contributed by atoms with van der Waals surface area (Å²) >= 11 is 0. The molecule has 4 rings (SSSR count). The van der Waals surface area contributed by atoms with Crippen LogP contribution in [0.25, 0.3) is 10.9 Å². The standard InChI is InChI=1S/C24H25F3N4O2/c25-24(26,27)17-6-7-18-21(8-10-28-22(18)16-17)30-20-5-2-1-4-19(20)23(32)29-9-3-11-31-12-14-33-15-13-31/h1-2,4-8,10,16H,3,9,11-15H2,(H,28,30)(H,29,32). The van der Waals surface area contributed by atoms with Gasteiger partial charge in [0.1, 0.15) is 0 Å². The molecule has 2 aromatic carbocycles. The molecule has 9 heteroatoms. The number of ether oxygens (including phenoxy) is 1. The topological polar surface area (TPSA) is 66.5 Å². The number of morpholine rings is 1. The molecule has 0 aliphatic carbocycles. The molecule has 1 aliphatic rings. The van der Waals surface area contributed by atoms with E-state index in [2.05, 4.69) is 20.5 Å². The number of para-hydroxylation sites is 1. The summed E-state index contributed by atoms with van der Waals surface area (Å²) in [5.74, 6) is -0.210. The minimum Gasteiger partial charge on any atom is -0.379 e. The Morgan fingerprint density at radius 1 is 1.06 bits per heavy atom. The van der Waals surface area contributed by atoms with Gasteiger partial charge in [-0.15, -0.1) is 0 Å². The van der Waals surface area contributed by atoms with Gasteiger partial charge in [-0.2, -0.15) is 13.2 Å². The number of nitrogens with one attached hydrogen (secondary N) is 2. The molecule has 3 aromatic rings. The summed E-state index contributed by atoms with van der Waals surface area (Å²) in [6.45, 7) is 4.74. The van der Waals surface area contributed by atoms with E-state index in [1.807, 2.05) is 0 Å². The lowest BCUT2D eigenvalue weighted by molar-refractivity contribution is -0.137. The zero-order valence-corrected chi connectivity index (χ0v) is 18.0. The van der Waals surface area contributed by atoms with E-state index in [-0.39, 0.29) is 11.4 Å². The van der Waals surface area contributed by atoms with Crippen molar-refractivity contribution < 1.29 is 22.7 Å². The summed E-state index contributed by atoms with van der Waals surface area (Å²) in [7, 11) is 0. The van der Waals surface area contributed by atoms with E-state index < -0.39 is 11.7 Å². The summed E-state index contributed by atoms with van der Waals surface area (Å²) in [5, 5.41) is 6.68. The first-order chi connectivity index (χ1) is 15.9. The lowest BCUT2D eigenvalue weighted by Crippen LogP contribution is -2.38. The van der Waals surface area contributed by atoms with Gasteiger partial charge in [-0.25, -0.2) is 0 Å². The van der Waals surface area contributed by atoms with E-state index in [0.29, 0.717) is 28.9 Å². The van der Waals surface area contributed by atoms with Gasteiger partial charge in [0.05, 0.1) is 35.5 Å². The fourth-order valence-corrected chi connectivity index (χ4v) is 3.79. The predicted molar refractivity (Wildman–Crippen MR) is 121 cm³/mol. The number of pyridine rings is 1.